The molecule has 0 unspecified atom stereocenters. The molecule has 8 aromatic rings. The van der Waals surface area contributed by atoms with Gasteiger partial charge in [-0.3, -0.25) is 9.97 Å². The molecule has 1 radical (unpaired) electrons. The van der Waals surface area contributed by atoms with Crippen molar-refractivity contribution in [1.29, 1.82) is 0 Å². The molecule has 3 aromatic carbocycles. The Balaban J connectivity index is 0.000000178. The summed E-state index contributed by atoms with van der Waals surface area (Å²) < 4.78 is 8.35. The molecule has 5 heterocycles. The van der Waals surface area contributed by atoms with Crippen LogP contribution in [0.1, 0.15) is 36.5 Å². The molecule has 0 fully saturated rings. The molecule has 8 heteroatoms. The average Bonchev–Trinajstić information content (AvgIpc) is 3.66. The summed E-state index contributed by atoms with van der Waals surface area (Å²) in [4.78, 5) is 18.7. The Morgan fingerprint density at radius 2 is 1.52 bits per heavy atom. The summed E-state index contributed by atoms with van der Waals surface area (Å²) in [6, 6.07) is 37.3. The minimum atomic E-state index is -1.46. The summed E-state index contributed by atoms with van der Waals surface area (Å²) >= 11 is 0. The molecule has 0 bridgehead atoms. The molecule has 52 heavy (non-hydrogen) atoms. The van der Waals surface area contributed by atoms with Gasteiger partial charge in [0.25, 0.3) is 0 Å². The van der Waals surface area contributed by atoms with Crippen LogP contribution in [-0.4, -0.2) is 32.6 Å². The molecule has 0 amide bonds. The molecule has 265 valence electrons. The number of hydrogen-bond acceptors (Lipinski definition) is 5. The number of fused-ring (bicyclic) bond motifs is 4. The van der Waals surface area contributed by atoms with Gasteiger partial charge in [-0.05, 0) is 80.4 Å². The van der Waals surface area contributed by atoms with E-state index in [-0.39, 0.29) is 20.1 Å². The van der Waals surface area contributed by atoms with E-state index >= 15 is 0 Å². The number of aromatic nitrogens is 5. The summed E-state index contributed by atoms with van der Waals surface area (Å²) in [5, 5.41) is 3.55. The summed E-state index contributed by atoms with van der Waals surface area (Å²) in [5.41, 5.74) is 11.8. The number of imidazole rings is 1. The first kappa shape index (κ1) is 37.0. The van der Waals surface area contributed by atoms with Crippen LogP contribution in [0, 0.1) is 38.8 Å². The van der Waals surface area contributed by atoms with Crippen molar-refractivity contribution >= 4 is 46.4 Å². The zero-order chi connectivity index (χ0) is 35.9. The molecule has 0 spiro atoms. The number of nitrogens with zero attached hydrogens (tertiary/aromatic N) is 5. The van der Waals surface area contributed by atoms with E-state index in [0.717, 1.165) is 79.2 Å². The predicted octanol–water partition coefficient (Wildman–Crippen LogP) is 10.4. The second kappa shape index (κ2) is 15.1. The van der Waals surface area contributed by atoms with Crippen molar-refractivity contribution in [3.63, 3.8) is 0 Å². The van der Waals surface area contributed by atoms with Gasteiger partial charge in [0.2, 0.25) is 5.71 Å². The van der Waals surface area contributed by atoms with Crippen molar-refractivity contribution in [2.24, 2.45) is 5.92 Å². The van der Waals surface area contributed by atoms with Crippen LogP contribution in [-0.2, 0) is 26.5 Å². The summed E-state index contributed by atoms with van der Waals surface area (Å²) in [6.45, 7) is 17.7. The molecule has 0 N–H and O–H groups in total. The Hall–Kier alpha value is -4.75. The molecule has 0 saturated carbocycles. The third-order valence-electron chi connectivity index (χ3n) is 8.95. The van der Waals surface area contributed by atoms with Gasteiger partial charge in [-0.2, -0.15) is 0 Å². The SMILES string of the molecule is Cc1cc(-n2c(-c3[c-]cccc3)nc3ccccc32)cc(C)n1.Cc1ccc2c(n1)oc1c(-c3cc(CC(C)C)c([Si](C)(C)C)cn3)[c-]ccc12.[Ir]. The number of furan rings is 1. The van der Waals surface area contributed by atoms with Gasteiger partial charge >= 0.3 is 0 Å². The third-order valence-corrected chi connectivity index (χ3v) is 11.0. The second-order valence-corrected chi connectivity index (χ2v) is 19.8. The van der Waals surface area contributed by atoms with Gasteiger partial charge in [0, 0.05) is 54.5 Å². The topological polar surface area (TPSA) is 69.6 Å². The maximum absolute atomic E-state index is 6.16. The van der Waals surface area contributed by atoms with E-state index in [9.17, 15) is 0 Å². The second-order valence-electron chi connectivity index (χ2n) is 14.7. The number of rotatable bonds is 6. The average molecular weight is 878 g/mol. The largest absolute Gasteiger partial charge is 0.486 e. The standard InChI is InChI=1S/C24H27N2OSi.C20H16N3.Ir/c1-15(2)12-17-13-21(25-14-22(17)28(4,5)6)20-9-7-8-18-19-11-10-16(3)26-24(19)27-23(18)20;1-14-12-17(13-15(2)21-14)23-19-11-7-6-10-18(19)22-20(23)16-8-4-3-5-9-16;/h7-8,10-11,13-15H,12H2,1-6H3;3-8,10-13H,1-2H3;/q2*-1;. The van der Waals surface area contributed by atoms with Crippen molar-refractivity contribution in [2.75, 3.05) is 0 Å². The third kappa shape index (κ3) is 7.56. The molecule has 0 aliphatic rings. The number of aryl methyl sites for hydroxylation is 3. The first-order valence-corrected chi connectivity index (χ1v) is 21.1. The zero-order valence-corrected chi connectivity index (χ0v) is 34.4. The first-order chi connectivity index (χ1) is 24.5. The Morgan fingerprint density at radius 1 is 0.769 bits per heavy atom. The first-order valence-electron chi connectivity index (χ1n) is 17.6. The number of benzene rings is 3. The monoisotopic (exact) mass is 878 g/mol. The smallest absolute Gasteiger partial charge is 0.216 e. The van der Waals surface area contributed by atoms with E-state index < -0.39 is 8.07 Å². The molecule has 5 aromatic heterocycles. The van der Waals surface area contributed by atoms with Gasteiger partial charge in [-0.1, -0.05) is 68.2 Å². The van der Waals surface area contributed by atoms with Crippen LogP contribution in [0.2, 0.25) is 19.6 Å². The van der Waals surface area contributed by atoms with Crippen LogP contribution in [0.5, 0.6) is 0 Å². The number of para-hydroxylation sites is 2. The van der Waals surface area contributed by atoms with Crippen molar-refractivity contribution in [1.82, 2.24) is 24.5 Å². The number of hydrogen-bond donors (Lipinski definition) is 0. The fourth-order valence-corrected chi connectivity index (χ4v) is 8.35. The van der Waals surface area contributed by atoms with Crippen LogP contribution >= 0.6 is 0 Å². The Kier molecular flexibility index (Phi) is 10.7. The predicted molar refractivity (Wildman–Crippen MR) is 212 cm³/mol. The van der Waals surface area contributed by atoms with Crippen LogP contribution in [0.15, 0.2) is 102 Å². The Bertz CT molecular complexity index is 2490. The Labute approximate surface area is 320 Å². The van der Waals surface area contributed by atoms with E-state index in [1.807, 2.05) is 81.4 Å². The van der Waals surface area contributed by atoms with Crippen molar-refractivity contribution in [3.05, 3.63) is 132 Å². The van der Waals surface area contributed by atoms with Crippen molar-refractivity contribution in [3.8, 4) is 28.3 Å². The maximum atomic E-state index is 6.16. The normalized spacial score (nSPS) is 11.6. The zero-order valence-electron chi connectivity index (χ0n) is 31.0. The van der Waals surface area contributed by atoms with E-state index in [4.69, 9.17) is 14.4 Å². The molecule has 6 nitrogen and oxygen atoms in total. The molecule has 0 aliphatic heterocycles. The van der Waals surface area contributed by atoms with Gasteiger partial charge in [0.15, 0.2) is 0 Å². The minimum Gasteiger partial charge on any atom is -0.486 e. The molecule has 8 rings (SSSR count). The summed E-state index contributed by atoms with van der Waals surface area (Å²) in [6.07, 6.45) is 3.16. The fourth-order valence-electron chi connectivity index (χ4n) is 6.76. The molecule has 0 atom stereocenters. The van der Waals surface area contributed by atoms with Gasteiger partial charge in [0.1, 0.15) is 0 Å². The number of pyridine rings is 3. The Morgan fingerprint density at radius 3 is 2.23 bits per heavy atom. The molecule has 0 aliphatic carbocycles. The van der Waals surface area contributed by atoms with Gasteiger partial charge in [-0.25, -0.2) is 4.98 Å². The maximum Gasteiger partial charge on any atom is 0.216 e. The van der Waals surface area contributed by atoms with Crippen LogP contribution in [0.25, 0.3) is 61.4 Å². The van der Waals surface area contributed by atoms with E-state index in [1.165, 1.54) is 10.8 Å². The van der Waals surface area contributed by atoms with E-state index in [1.54, 1.807) is 0 Å². The molecule has 0 saturated heterocycles. The molecular formula is C44H43IrN5OSi-2. The van der Waals surface area contributed by atoms with Crippen molar-refractivity contribution in [2.45, 2.75) is 60.7 Å². The van der Waals surface area contributed by atoms with Crippen molar-refractivity contribution < 1.29 is 24.5 Å². The van der Waals surface area contributed by atoms with Gasteiger partial charge in [0.05, 0.1) is 30.5 Å². The quantitative estimate of drug-likeness (QED) is 0.123. The molecular weight excluding hydrogens is 835 g/mol. The van der Waals surface area contributed by atoms with E-state index in [2.05, 4.69) is 96.7 Å². The summed E-state index contributed by atoms with van der Waals surface area (Å²) in [5.74, 6) is 1.50. The van der Waals surface area contributed by atoms with Crippen LogP contribution < -0.4 is 5.19 Å². The van der Waals surface area contributed by atoms with Crippen LogP contribution in [0.3, 0.4) is 0 Å². The van der Waals surface area contributed by atoms with Crippen LogP contribution in [0.4, 0.5) is 0 Å². The van der Waals surface area contributed by atoms with E-state index in [0.29, 0.717) is 11.6 Å². The minimum absolute atomic E-state index is 0. The van der Waals surface area contributed by atoms with Gasteiger partial charge < -0.3 is 14.0 Å². The fraction of sp³-hybridized carbons (Fsp3) is 0.227. The summed E-state index contributed by atoms with van der Waals surface area (Å²) in [7, 11) is -1.46. The van der Waals surface area contributed by atoms with Gasteiger partial charge in [-0.15, -0.1) is 54.1 Å².